The van der Waals surface area contributed by atoms with E-state index in [4.69, 9.17) is 11.6 Å². The van der Waals surface area contributed by atoms with E-state index >= 15 is 0 Å². The fourth-order valence-electron chi connectivity index (χ4n) is 3.49. The van der Waals surface area contributed by atoms with Gasteiger partial charge in [0, 0.05) is 18.1 Å². The summed E-state index contributed by atoms with van der Waals surface area (Å²) in [6.45, 7) is 0. The number of amides is 1. The number of carbonyl (C=O) groups excluding carboxylic acids is 1. The maximum atomic E-state index is 12.5. The lowest BCUT2D eigenvalue weighted by Gasteiger charge is -2.20. The Morgan fingerprint density at radius 3 is 2.77 bits per heavy atom. The van der Waals surface area contributed by atoms with Gasteiger partial charge in [-0.15, -0.1) is 11.3 Å². The fraction of sp³-hybridized carbons (Fsp3) is 0.353. The molecule has 2 fully saturated rings. The predicted octanol–water partition coefficient (Wildman–Crippen LogP) is 3.69. The van der Waals surface area contributed by atoms with Crippen LogP contribution in [-0.4, -0.2) is 24.0 Å². The van der Waals surface area contributed by atoms with E-state index in [0.717, 1.165) is 23.3 Å². The summed E-state index contributed by atoms with van der Waals surface area (Å²) in [6.07, 6.45) is 3.44. The van der Waals surface area contributed by atoms with Crippen molar-refractivity contribution in [2.75, 3.05) is 0 Å². The maximum absolute atomic E-state index is 12.5. The molecule has 2 aliphatic rings. The molecule has 5 heteroatoms. The molecule has 22 heavy (non-hydrogen) atoms. The minimum atomic E-state index is -0.00608. The van der Waals surface area contributed by atoms with Crippen molar-refractivity contribution >= 4 is 28.8 Å². The Balaban J connectivity index is 1.52. The molecular formula is C17H17ClN2OS. The maximum Gasteiger partial charge on any atom is 0.261 e. The third kappa shape index (κ3) is 2.56. The molecule has 4 rings (SSSR count). The van der Waals surface area contributed by atoms with E-state index in [2.05, 4.69) is 10.6 Å². The Hall–Kier alpha value is -1.36. The molecule has 3 nitrogen and oxygen atoms in total. The number of thiophene rings is 1. The molecule has 0 aliphatic carbocycles. The Morgan fingerprint density at radius 2 is 2.09 bits per heavy atom. The number of nitrogens with one attached hydrogen (secondary N) is 2. The first-order valence-electron chi connectivity index (χ1n) is 7.62. The molecule has 2 bridgehead atoms. The zero-order valence-electron chi connectivity index (χ0n) is 12.0. The van der Waals surface area contributed by atoms with Gasteiger partial charge in [0.1, 0.15) is 0 Å². The number of hydrogen-bond donors (Lipinski definition) is 2. The van der Waals surface area contributed by atoms with Gasteiger partial charge in [-0.1, -0.05) is 41.9 Å². The van der Waals surface area contributed by atoms with Gasteiger partial charge in [-0.3, -0.25) is 4.79 Å². The lowest BCUT2D eigenvalue weighted by Crippen LogP contribution is -2.42. The van der Waals surface area contributed by atoms with Gasteiger partial charge in [-0.25, -0.2) is 0 Å². The summed E-state index contributed by atoms with van der Waals surface area (Å²) in [5.41, 5.74) is 1.05. The lowest BCUT2D eigenvalue weighted by molar-refractivity contribution is 0.0935. The number of fused-ring (bicyclic) bond motifs is 2. The average Bonchev–Trinajstić information content (AvgIpc) is 3.23. The Kier molecular flexibility index (Phi) is 3.68. The van der Waals surface area contributed by atoms with Crippen molar-refractivity contribution in [1.29, 1.82) is 0 Å². The van der Waals surface area contributed by atoms with Crippen molar-refractivity contribution in [3.05, 3.63) is 46.3 Å². The van der Waals surface area contributed by atoms with Gasteiger partial charge in [-0.2, -0.15) is 0 Å². The highest BCUT2D eigenvalue weighted by Gasteiger charge is 2.39. The Labute approximate surface area is 138 Å². The SMILES string of the molecule is O=C(NC1CC2CCC1N2)c1cc(Cl)c(-c2ccccc2)s1. The van der Waals surface area contributed by atoms with Crippen molar-refractivity contribution in [3.63, 3.8) is 0 Å². The van der Waals surface area contributed by atoms with Gasteiger partial charge < -0.3 is 10.6 Å². The van der Waals surface area contributed by atoms with Gasteiger partial charge >= 0.3 is 0 Å². The van der Waals surface area contributed by atoms with E-state index in [1.165, 1.54) is 17.8 Å². The van der Waals surface area contributed by atoms with Gasteiger partial charge in [0.05, 0.1) is 14.8 Å². The van der Waals surface area contributed by atoms with Gasteiger partial charge in [-0.05, 0) is 30.9 Å². The van der Waals surface area contributed by atoms with Crippen LogP contribution in [0.4, 0.5) is 0 Å². The summed E-state index contributed by atoms with van der Waals surface area (Å²) >= 11 is 7.78. The summed E-state index contributed by atoms with van der Waals surface area (Å²) in [6, 6.07) is 13.0. The van der Waals surface area contributed by atoms with Crippen LogP contribution >= 0.6 is 22.9 Å². The van der Waals surface area contributed by atoms with Crippen LogP contribution in [0, 0.1) is 0 Å². The predicted molar refractivity (Wildman–Crippen MR) is 90.6 cm³/mol. The largest absolute Gasteiger partial charge is 0.347 e. The van der Waals surface area contributed by atoms with E-state index in [9.17, 15) is 4.79 Å². The van der Waals surface area contributed by atoms with Gasteiger partial charge in [0.25, 0.3) is 5.91 Å². The zero-order chi connectivity index (χ0) is 15.1. The molecule has 1 aromatic heterocycles. The molecule has 3 unspecified atom stereocenters. The second-order valence-electron chi connectivity index (χ2n) is 6.02. The zero-order valence-corrected chi connectivity index (χ0v) is 13.6. The number of benzene rings is 1. The first kappa shape index (κ1) is 14.2. The van der Waals surface area contributed by atoms with Gasteiger partial charge in [0.2, 0.25) is 0 Å². The van der Waals surface area contributed by atoms with Crippen LogP contribution in [0.2, 0.25) is 5.02 Å². The van der Waals surface area contributed by atoms with Crippen LogP contribution in [0.15, 0.2) is 36.4 Å². The highest BCUT2D eigenvalue weighted by molar-refractivity contribution is 7.18. The molecule has 3 heterocycles. The van der Waals surface area contributed by atoms with Crippen LogP contribution in [0.25, 0.3) is 10.4 Å². The summed E-state index contributed by atoms with van der Waals surface area (Å²) in [5, 5.41) is 7.35. The topological polar surface area (TPSA) is 41.1 Å². The molecule has 3 atom stereocenters. The normalized spacial score (nSPS) is 26.3. The van der Waals surface area contributed by atoms with E-state index in [-0.39, 0.29) is 11.9 Å². The number of carbonyl (C=O) groups is 1. The highest BCUT2D eigenvalue weighted by Crippen LogP contribution is 2.36. The van der Waals surface area contributed by atoms with E-state index in [1.54, 1.807) is 6.07 Å². The minimum Gasteiger partial charge on any atom is -0.347 e. The molecule has 0 spiro atoms. The number of hydrogen-bond acceptors (Lipinski definition) is 3. The molecule has 0 saturated carbocycles. The summed E-state index contributed by atoms with van der Waals surface area (Å²) in [7, 11) is 0. The van der Waals surface area contributed by atoms with Crippen molar-refractivity contribution in [3.8, 4) is 10.4 Å². The quantitative estimate of drug-likeness (QED) is 0.900. The molecule has 114 valence electrons. The second kappa shape index (κ2) is 5.69. The van der Waals surface area contributed by atoms with E-state index in [0.29, 0.717) is 22.0 Å². The average molecular weight is 333 g/mol. The van der Waals surface area contributed by atoms with Crippen molar-refractivity contribution in [2.24, 2.45) is 0 Å². The Bertz CT molecular complexity index is 700. The van der Waals surface area contributed by atoms with E-state index in [1.807, 2.05) is 30.3 Å². The lowest BCUT2D eigenvalue weighted by atomic mass is 9.95. The molecule has 2 saturated heterocycles. The molecule has 2 N–H and O–H groups in total. The van der Waals surface area contributed by atoms with Crippen LogP contribution in [0.3, 0.4) is 0 Å². The van der Waals surface area contributed by atoms with Crippen molar-refractivity contribution < 1.29 is 4.79 Å². The van der Waals surface area contributed by atoms with Crippen molar-refractivity contribution in [1.82, 2.24) is 10.6 Å². The Morgan fingerprint density at radius 1 is 1.27 bits per heavy atom. The summed E-state index contributed by atoms with van der Waals surface area (Å²) in [4.78, 5) is 14.1. The number of halogens is 1. The highest BCUT2D eigenvalue weighted by atomic mass is 35.5. The molecule has 2 aliphatic heterocycles. The molecular weight excluding hydrogens is 316 g/mol. The summed E-state index contributed by atoms with van der Waals surface area (Å²) < 4.78 is 0. The molecule has 2 aromatic rings. The van der Waals surface area contributed by atoms with Crippen molar-refractivity contribution in [2.45, 2.75) is 37.4 Å². The number of rotatable bonds is 3. The molecule has 1 amide bonds. The van der Waals surface area contributed by atoms with Crippen LogP contribution in [0.5, 0.6) is 0 Å². The smallest absolute Gasteiger partial charge is 0.261 e. The second-order valence-corrected chi connectivity index (χ2v) is 7.48. The monoisotopic (exact) mass is 332 g/mol. The fourth-order valence-corrected chi connectivity index (χ4v) is 4.85. The standard InChI is InChI=1S/C17H17ClN2OS/c18-12-9-15(22-16(12)10-4-2-1-3-5-10)17(21)20-14-8-11-6-7-13(14)19-11/h1-5,9,11,13-14,19H,6-8H2,(H,20,21). The minimum absolute atomic E-state index is 0.00608. The first-order chi connectivity index (χ1) is 10.7. The van der Waals surface area contributed by atoms with Crippen LogP contribution in [0.1, 0.15) is 28.9 Å². The van der Waals surface area contributed by atoms with Gasteiger partial charge in [0.15, 0.2) is 0 Å². The molecule has 1 aromatic carbocycles. The first-order valence-corrected chi connectivity index (χ1v) is 8.82. The third-order valence-electron chi connectivity index (χ3n) is 4.56. The van der Waals surface area contributed by atoms with Crippen LogP contribution in [-0.2, 0) is 0 Å². The molecule has 0 radical (unpaired) electrons. The van der Waals surface area contributed by atoms with Crippen LogP contribution < -0.4 is 10.6 Å². The van der Waals surface area contributed by atoms with E-state index < -0.39 is 0 Å². The summed E-state index contributed by atoms with van der Waals surface area (Å²) in [5.74, 6) is -0.00608. The third-order valence-corrected chi connectivity index (χ3v) is 6.16.